The minimum Gasteiger partial charge on any atom is -0.329 e. The first kappa shape index (κ1) is 6.66. The van der Waals surface area contributed by atoms with Gasteiger partial charge in [-0.05, 0) is 37.4 Å². The van der Waals surface area contributed by atoms with Crippen molar-refractivity contribution in [1.29, 1.82) is 0 Å². The van der Waals surface area contributed by atoms with Crippen LogP contribution in [0.2, 0.25) is 0 Å². The third-order valence-corrected chi connectivity index (χ3v) is 2.99. The maximum atomic E-state index is 7.84. The van der Waals surface area contributed by atoms with Crippen molar-refractivity contribution >= 4 is 0 Å². The normalized spacial score (nSPS) is 25.1. The van der Waals surface area contributed by atoms with Gasteiger partial charge in [0.1, 0.15) is 0 Å². The molecule has 15 heavy (non-hydrogen) atoms. The summed E-state index contributed by atoms with van der Waals surface area (Å²) in [7, 11) is 0. The van der Waals surface area contributed by atoms with Crippen molar-refractivity contribution in [3.63, 3.8) is 0 Å². The first-order valence-corrected chi connectivity index (χ1v) is 5.41. The molecule has 0 aliphatic carbocycles. The van der Waals surface area contributed by atoms with Crippen molar-refractivity contribution in [2.75, 3.05) is 26.1 Å². The van der Waals surface area contributed by atoms with Gasteiger partial charge in [0.2, 0.25) is 0 Å². The molecule has 82 valence electrons. The number of nitrogens with two attached hydrogens (primary N) is 1. The standard InChI is InChI=1S/C13H20N2/c14-8-11-15-9-6-13(7-10-15)12-4-2-1-3-5-12/h1-5,13H,6-11,14H2/i1+1,2+1,3+1,4+1,5+1,6+1,7+1,8+1D2,11D2,12+1,13+1. The lowest BCUT2D eigenvalue weighted by Gasteiger charge is -2.31. The van der Waals surface area contributed by atoms with E-state index in [1.54, 1.807) is 0 Å². The third kappa shape index (κ3) is 2.80. The molecule has 1 aliphatic rings. The molecule has 0 radical (unpaired) electrons. The summed E-state index contributed by atoms with van der Waals surface area (Å²) in [4.78, 5) is 1.52. The average molecular weight is 218 g/mol. The molecule has 2 N–H and O–H groups in total. The first-order chi connectivity index (χ1) is 8.82. The summed E-state index contributed by atoms with van der Waals surface area (Å²) in [5.41, 5.74) is 6.58. The number of piperidine rings is 1. The fraction of sp³-hybridized carbons (Fsp3) is 0.538. The van der Waals surface area contributed by atoms with Crippen LogP contribution in [0.4, 0.5) is 0 Å². The maximum Gasteiger partial charge on any atom is 0.0444 e. The minimum absolute atomic E-state index is 0.428. The van der Waals surface area contributed by atoms with Crippen LogP contribution in [0.3, 0.4) is 0 Å². The van der Waals surface area contributed by atoms with E-state index in [1.807, 2.05) is 18.2 Å². The van der Waals surface area contributed by atoms with E-state index in [9.17, 15) is 0 Å². The zero-order valence-corrected chi connectivity index (χ0v) is 8.82. The Morgan fingerprint density at radius 2 is 1.93 bits per heavy atom. The lowest BCUT2D eigenvalue weighted by atomic mass is 10.5. The summed E-state index contributed by atoms with van der Waals surface area (Å²) in [6.45, 7) is -3.40. The lowest BCUT2D eigenvalue weighted by Crippen LogP contribution is -2.36. The minimum atomic E-state index is -2.34. The smallest absolute Gasteiger partial charge is 0.0444 e. The summed E-state index contributed by atoms with van der Waals surface area (Å²) in [5, 5.41) is 0. The van der Waals surface area contributed by atoms with Gasteiger partial charge in [-0.1, -0.05) is 30.3 Å². The Bertz CT molecular complexity index is 408. The van der Waals surface area contributed by atoms with Crippen molar-refractivity contribution in [3.8, 4) is 0 Å². The predicted molar refractivity (Wildman–Crippen MR) is 63.9 cm³/mol. The van der Waals surface area contributed by atoms with Crippen LogP contribution in [0.5, 0.6) is 0 Å². The Morgan fingerprint density at radius 1 is 1.27 bits per heavy atom. The van der Waals surface area contributed by atoms with Crippen molar-refractivity contribution in [2.24, 2.45) is 5.73 Å². The number of nitrogens with zero attached hydrogens (tertiary/aromatic N) is 1. The maximum absolute atomic E-state index is 7.84. The van der Waals surface area contributed by atoms with Gasteiger partial charge in [0.15, 0.2) is 0 Å². The molecule has 2 rings (SSSR count). The van der Waals surface area contributed by atoms with E-state index < -0.39 is 13.0 Å². The molecule has 1 fully saturated rings. The van der Waals surface area contributed by atoms with Crippen LogP contribution in [0.15, 0.2) is 30.3 Å². The molecule has 0 amide bonds. The van der Waals surface area contributed by atoms with Gasteiger partial charge in [0, 0.05) is 18.5 Å². The molecule has 0 spiro atoms. The second-order valence-electron chi connectivity index (χ2n) is 3.93. The highest BCUT2D eigenvalue weighted by molar-refractivity contribution is 5.19. The van der Waals surface area contributed by atoms with Crippen LogP contribution in [-0.4, -0.2) is 31.0 Å². The van der Waals surface area contributed by atoms with Gasteiger partial charge in [0.25, 0.3) is 0 Å². The van der Waals surface area contributed by atoms with E-state index in [0.717, 1.165) is 12.8 Å². The predicted octanol–water partition coefficient (Wildman–Crippen LogP) is 1.82. The molecular weight excluding hydrogens is 194 g/mol. The first-order valence-electron chi connectivity index (χ1n) is 7.41. The van der Waals surface area contributed by atoms with E-state index in [2.05, 4.69) is 12.1 Å². The molecule has 0 saturated carbocycles. The molecule has 1 aromatic carbocycles. The highest BCUT2D eigenvalue weighted by atomic mass is 15.3. The Labute approximate surface area is 97.7 Å². The molecule has 0 atom stereocenters. The summed E-state index contributed by atoms with van der Waals surface area (Å²) in [6, 6.07) is 10.2. The molecule has 0 aromatic heterocycles. The lowest BCUT2D eigenvalue weighted by molar-refractivity contribution is 0.218. The quantitative estimate of drug-likeness (QED) is 0.784. The summed E-state index contributed by atoms with van der Waals surface area (Å²) in [6.07, 6.45) is 1.67. The van der Waals surface area contributed by atoms with Crippen LogP contribution >= 0.6 is 0 Å². The van der Waals surface area contributed by atoms with Crippen molar-refractivity contribution in [3.05, 3.63) is 35.9 Å². The Kier molecular flexibility index (Phi) is 2.35. The fourth-order valence-corrected chi connectivity index (χ4v) is 2.14. The van der Waals surface area contributed by atoms with Gasteiger partial charge < -0.3 is 10.6 Å². The summed E-state index contributed by atoms with van der Waals surface area (Å²) in [5.74, 6) is 0.428. The molecule has 1 aliphatic heterocycles. The second-order valence-corrected chi connectivity index (χ2v) is 3.93. The Morgan fingerprint density at radius 3 is 2.53 bits per heavy atom. The van der Waals surface area contributed by atoms with Gasteiger partial charge in [-0.25, -0.2) is 0 Å². The number of likely N-dealkylation sites (tertiary alicyclic amines) is 1. The SMILES string of the molecule is [2H]C([2H])(N1C[13CH2][13CH]([13c]2[13cH][13cH][13cH][13cH][13cH]2)[13CH2]C1)[13C]([2H])([2H])N. The van der Waals surface area contributed by atoms with E-state index >= 15 is 0 Å². The van der Waals surface area contributed by atoms with E-state index in [0.29, 0.717) is 19.0 Å². The van der Waals surface area contributed by atoms with Gasteiger partial charge in [-0.15, -0.1) is 0 Å². The van der Waals surface area contributed by atoms with Crippen LogP contribution in [0.25, 0.3) is 0 Å². The molecule has 1 saturated heterocycles. The van der Waals surface area contributed by atoms with Crippen molar-refractivity contribution in [2.45, 2.75) is 18.8 Å². The van der Waals surface area contributed by atoms with E-state index in [-0.39, 0.29) is 0 Å². The average Bonchev–Trinajstić information content (AvgIpc) is 2.39. The fourth-order valence-electron chi connectivity index (χ4n) is 2.14. The Balaban J connectivity index is 2.00. The number of hydrogen-bond acceptors (Lipinski definition) is 2. The second kappa shape index (κ2) is 5.29. The van der Waals surface area contributed by atoms with Crippen LogP contribution in [0.1, 0.15) is 29.8 Å². The molecule has 0 bridgehead atoms. The molecule has 0 unspecified atom stereocenters. The number of rotatable bonds is 3. The van der Waals surface area contributed by atoms with E-state index in [1.165, 1.54) is 10.5 Å². The van der Waals surface area contributed by atoms with E-state index in [4.69, 9.17) is 11.2 Å². The largest absolute Gasteiger partial charge is 0.329 e. The molecule has 2 nitrogen and oxygen atoms in total. The third-order valence-electron chi connectivity index (χ3n) is 2.99. The summed E-state index contributed by atoms with van der Waals surface area (Å²) >= 11 is 0. The van der Waals surface area contributed by atoms with Crippen LogP contribution in [-0.2, 0) is 0 Å². The monoisotopic (exact) mass is 218 g/mol. The number of benzene rings is 1. The van der Waals surface area contributed by atoms with Gasteiger partial charge in [0.05, 0.1) is 0 Å². The molecule has 2 heteroatoms. The van der Waals surface area contributed by atoms with Crippen molar-refractivity contribution < 1.29 is 5.48 Å². The highest BCUT2D eigenvalue weighted by Crippen LogP contribution is 2.27. The van der Waals surface area contributed by atoms with Gasteiger partial charge in [-0.3, -0.25) is 0 Å². The molecule has 1 heterocycles. The number of hydrogen-bond donors (Lipinski definition) is 1. The summed E-state index contributed by atoms with van der Waals surface area (Å²) < 4.78 is 30.5. The molecule has 1 aromatic rings. The zero-order valence-electron chi connectivity index (χ0n) is 12.8. The zero-order chi connectivity index (χ0) is 14.1. The van der Waals surface area contributed by atoms with Crippen LogP contribution in [0, 0.1) is 0 Å². The topological polar surface area (TPSA) is 29.3 Å². The highest BCUT2D eigenvalue weighted by Gasteiger charge is 2.19. The van der Waals surface area contributed by atoms with Crippen LogP contribution < -0.4 is 5.73 Å². The van der Waals surface area contributed by atoms with Crippen molar-refractivity contribution in [1.82, 2.24) is 4.90 Å². The van der Waals surface area contributed by atoms with Gasteiger partial charge in [-0.2, -0.15) is 0 Å². The van der Waals surface area contributed by atoms with Gasteiger partial charge >= 0.3 is 0 Å². The molecular formula is C13H20N2. The Hall–Kier alpha value is -0.860.